The zero-order valence-corrected chi connectivity index (χ0v) is 17.8. The van der Waals surface area contributed by atoms with E-state index in [4.69, 9.17) is 14.0 Å². The van der Waals surface area contributed by atoms with Gasteiger partial charge < -0.3 is 19.3 Å². The number of hydrogen-bond donors (Lipinski definition) is 1. The van der Waals surface area contributed by atoms with Crippen molar-refractivity contribution in [3.05, 3.63) is 77.2 Å². The third-order valence-electron chi connectivity index (χ3n) is 5.83. The molecule has 0 radical (unpaired) electrons. The predicted molar refractivity (Wildman–Crippen MR) is 117 cm³/mol. The Morgan fingerprint density at radius 3 is 2.67 bits per heavy atom. The molecule has 0 unspecified atom stereocenters. The zero-order valence-electron chi connectivity index (χ0n) is 17.8. The number of aryl methyl sites for hydroxylation is 1. The summed E-state index contributed by atoms with van der Waals surface area (Å²) in [6.07, 6.45) is 4.63. The van der Waals surface area contributed by atoms with Crippen LogP contribution in [0.5, 0.6) is 11.5 Å². The topological polar surface area (TPSA) is 56.5 Å². The van der Waals surface area contributed by atoms with Gasteiger partial charge in [-0.15, -0.1) is 0 Å². The fraction of sp³-hybridized carbons (Fsp3) is 0.400. The first-order valence-electron chi connectivity index (χ1n) is 10.7. The number of methoxy groups -OCH3 is 1. The number of nitrogens with zero attached hydrogens (tertiary/aromatic N) is 1. The molecule has 5 nitrogen and oxygen atoms in total. The van der Waals surface area contributed by atoms with Crippen molar-refractivity contribution in [3.63, 3.8) is 0 Å². The fourth-order valence-corrected chi connectivity index (χ4v) is 4.25. The standard InChI is InChI=1S/C25H30N2O3/c1-18-13-22(30-27-18)15-21-9-6-10-23(21)26-16-20-11-12-24(28-2)25(14-20)29-17-19-7-4-3-5-8-19/h3-5,7-8,11-14,21,23,26H,6,9-10,15-17H2,1-2H3/t21-,23+/m0/s1. The summed E-state index contributed by atoms with van der Waals surface area (Å²) in [5.41, 5.74) is 3.29. The van der Waals surface area contributed by atoms with Crippen LogP contribution in [-0.2, 0) is 19.6 Å². The van der Waals surface area contributed by atoms with Crippen molar-refractivity contribution in [2.45, 2.75) is 51.8 Å². The fourth-order valence-electron chi connectivity index (χ4n) is 4.25. The van der Waals surface area contributed by atoms with Gasteiger partial charge in [-0.1, -0.05) is 48.0 Å². The molecule has 0 spiro atoms. The molecular formula is C25H30N2O3. The van der Waals surface area contributed by atoms with Gasteiger partial charge in [-0.05, 0) is 48.9 Å². The number of benzene rings is 2. The van der Waals surface area contributed by atoms with Crippen LogP contribution in [0.15, 0.2) is 59.1 Å². The van der Waals surface area contributed by atoms with Crippen LogP contribution in [0.3, 0.4) is 0 Å². The average molecular weight is 407 g/mol. The maximum Gasteiger partial charge on any atom is 0.161 e. The summed E-state index contributed by atoms with van der Waals surface area (Å²) in [5, 5.41) is 7.78. The van der Waals surface area contributed by atoms with Crippen LogP contribution in [0, 0.1) is 12.8 Å². The van der Waals surface area contributed by atoms with E-state index in [9.17, 15) is 0 Å². The summed E-state index contributed by atoms with van der Waals surface area (Å²) in [6, 6.07) is 18.9. The van der Waals surface area contributed by atoms with Crippen LogP contribution in [0.1, 0.15) is 41.8 Å². The average Bonchev–Trinajstić information content (AvgIpc) is 3.40. The van der Waals surface area contributed by atoms with E-state index >= 15 is 0 Å². The lowest BCUT2D eigenvalue weighted by Gasteiger charge is -2.20. The van der Waals surface area contributed by atoms with Gasteiger partial charge in [-0.3, -0.25) is 0 Å². The molecule has 2 aromatic carbocycles. The van der Waals surface area contributed by atoms with Gasteiger partial charge in [-0.25, -0.2) is 0 Å². The van der Waals surface area contributed by atoms with E-state index in [2.05, 4.69) is 40.8 Å². The van der Waals surface area contributed by atoms with Gasteiger partial charge in [-0.2, -0.15) is 0 Å². The molecule has 1 aliphatic rings. The molecule has 0 amide bonds. The number of ether oxygens (including phenoxy) is 2. The van der Waals surface area contributed by atoms with Crippen molar-refractivity contribution in [1.29, 1.82) is 0 Å². The molecule has 1 heterocycles. The number of aromatic nitrogens is 1. The third-order valence-corrected chi connectivity index (χ3v) is 5.83. The van der Waals surface area contributed by atoms with Crippen molar-refractivity contribution >= 4 is 0 Å². The van der Waals surface area contributed by atoms with Crippen LogP contribution in [0.2, 0.25) is 0 Å². The first kappa shape index (κ1) is 20.5. The minimum absolute atomic E-state index is 0.492. The molecular weight excluding hydrogens is 376 g/mol. The number of rotatable bonds is 9. The normalized spacial score (nSPS) is 18.5. The molecule has 1 fully saturated rings. The highest BCUT2D eigenvalue weighted by molar-refractivity contribution is 5.43. The SMILES string of the molecule is COc1ccc(CN[C@@H]2CCC[C@H]2Cc2cc(C)no2)cc1OCc1ccccc1. The van der Waals surface area contributed by atoms with Gasteiger partial charge in [0.05, 0.1) is 12.8 Å². The lowest BCUT2D eigenvalue weighted by Crippen LogP contribution is -2.32. The largest absolute Gasteiger partial charge is 0.493 e. The van der Waals surface area contributed by atoms with Crippen LogP contribution in [-0.4, -0.2) is 18.3 Å². The Bertz CT molecular complexity index is 939. The molecule has 1 N–H and O–H groups in total. The second-order valence-corrected chi connectivity index (χ2v) is 8.08. The molecule has 1 aromatic heterocycles. The molecule has 4 rings (SSSR count). The van der Waals surface area contributed by atoms with E-state index in [0.717, 1.165) is 41.5 Å². The van der Waals surface area contributed by atoms with Crippen molar-refractivity contribution in [2.75, 3.05) is 7.11 Å². The first-order valence-corrected chi connectivity index (χ1v) is 10.7. The van der Waals surface area contributed by atoms with Crippen LogP contribution >= 0.6 is 0 Å². The summed E-state index contributed by atoms with van der Waals surface area (Å²) >= 11 is 0. The van der Waals surface area contributed by atoms with Gasteiger partial charge in [0.2, 0.25) is 0 Å². The quantitative estimate of drug-likeness (QED) is 0.538. The Hall–Kier alpha value is -2.79. The summed E-state index contributed by atoms with van der Waals surface area (Å²) in [5.74, 6) is 3.12. The first-order chi connectivity index (χ1) is 14.7. The Morgan fingerprint density at radius 2 is 1.90 bits per heavy atom. The lowest BCUT2D eigenvalue weighted by molar-refractivity contribution is 0.284. The van der Waals surface area contributed by atoms with E-state index in [1.807, 2.05) is 31.2 Å². The smallest absolute Gasteiger partial charge is 0.161 e. The van der Waals surface area contributed by atoms with Gasteiger partial charge in [0.15, 0.2) is 11.5 Å². The summed E-state index contributed by atoms with van der Waals surface area (Å²) in [4.78, 5) is 0. The van der Waals surface area contributed by atoms with Gasteiger partial charge in [0.1, 0.15) is 12.4 Å². The Labute approximate surface area is 178 Å². The maximum absolute atomic E-state index is 6.06. The Balaban J connectivity index is 1.36. The number of hydrogen-bond acceptors (Lipinski definition) is 5. The second kappa shape index (κ2) is 9.81. The summed E-state index contributed by atoms with van der Waals surface area (Å²) < 4.78 is 17.0. The minimum atomic E-state index is 0.492. The van der Waals surface area contributed by atoms with Crippen LogP contribution < -0.4 is 14.8 Å². The van der Waals surface area contributed by atoms with Crippen molar-refractivity contribution < 1.29 is 14.0 Å². The molecule has 1 saturated carbocycles. The van der Waals surface area contributed by atoms with E-state index in [0.29, 0.717) is 18.6 Å². The van der Waals surface area contributed by atoms with Crippen molar-refractivity contribution in [1.82, 2.24) is 10.5 Å². The van der Waals surface area contributed by atoms with Gasteiger partial charge in [0.25, 0.3) is 0 Å². The second-order valence-electron chi connectivity index (χ2n) is 8.08. The van der Waals surface area contributed by atoms with Crippen molar-refractivity contribution in [3.8, 4) is 11.5 Å². The number of nitrogens with one attached hydrogen (secondary N) is 1. The predicted octanol–water partition coefficient (Wildman–Crippen LogP) is 5.07. The molecule has 0 aliphatic heterocycles. The van der Waals surface area contributed by atoms with Gasteiger partial charge >= 0.3 is 0 Å². The molecule has 3 aromatic rings. The zero-order chi connectivity index (χ0) is 20.8. The van der Waals surface area contributed by atoms with Crippen LogP contribution in [0.4, 0.5) is 0 Å². The summed E-state index contributed by atoms with van der Waals surface area (Å²) in [6.45, 7) is 3.30. The lowest BCUT2D eigenvalue weighted by atomic mass is 9.97. The molecule has 1 aliphatic carbocycles. The summed E-state index contributed by atoms with van der Waals surface area (Å²) in [7, 11) is 1.68. The highest BCUT2D eigenvalue weighted by atomic mass is 16.5. The molecule has 30 heavy (non-hydrogen) atoms. The molecule has 0 saturated heterocycles. The van der Waals surface area contributed by atoms with E-state index in [-0.39, 0.29) is 0 Å². The highest BCUT2D eigenvalue weighted by Crippen LogP contribution is 2.31. The monoisotopic (exact) mass is 406 g/mol. The third kappa shape index (κ3) is 5.22. The molecule has 0 bridgehead atoms. The molecule has 158 valence electrons. The van der Waals surface area contributed by atoms with Crippen molar-refractivity contribution in [2.24, 2.45) is 5.92 Å². The molecule has 2 atom stereocenters. The van der Waals surface area contributed by atoms with E-state index in [1.165, 1.54) is 24.8 Å². The minimum Gasteiger partial charge on any atom is -0.493 e. The van der Waals surface area contributed by atoms with Crippen LogP contribution in [0.25, 0.3) is 0 Å². The Morgan fingerprint density at radius 1 is 1.03 bits per heavy atom. The van der Waals surface area contributed by atoms with E-state index < -0.39 is 0 Å². The maximum atomic E-state index is 6.06. The Kier molecular flexibility index (Phi) is 6.70. The highest BCUT2D eigenvalue weighted by Gasteiger charge is 2.28. The molecule has 5 heteroatoms. The van der Waals surface area contributed by atoms with Gasteiger partial charge in [0, 0.05) is 25.1 Å². The van der Waals surface area contributed by atoms with E-state index in [1.54, 1.807) is 7.11 Å².